The minimum absolute atomic E-state index is 0.0797. The van der Waals surface area contributed by atoms with E-state index in [-0.39, 0.29) is 11.4 Å². The molecule has 0 saturated heterocycles. The van der Waals surface area contributed by atoms with Crippen LogP contribution in [0.2, 0.25) is 0 Å². The van der Waals surface area contributed by atoms with Gasteiger partial charge in [0.25, 0.3) is 0 Å². The zero-order valence-corrected chi connectivity index (χ0v) is 11.0. The van der Waals surface area contributed by atoms with Crippen LogP contribution in [-0.4, -0.2) is 42.8 Å². The fourth-order valence-corrected chi connectivity index (χ4v) is 2.05. The van der Waals surface area contributed by atoms with E-state index < -0.39 is 27.2 Å². The lowest BCUT2D eigenvalue weighted by molar-refractivity contribution is -0.139. The Morgan fingerprint density at radius 1 is 1.42 bits per heavy atom. The fourth-order valence-electron chi connectivity index (χ4n) is 1.11. The first kappa shape index (κ1) is 14.9. The van der Waals surface area contributed by atoms with Gasteiger partial charge in [-0.05, 0) is 19.1 Å². The standard InChI is InChI=1S/C10H12N2O6S/c1-6(10(15)18-2)19(16,17)12-8-4-3-7(5-11-8)9(13)14/h3-6H,1-2H3,(H,11,12)(H,13,14). The van der Waals surface area contributed by atoms with Gasteiger partial charge in [-0.15, -0.1) is 0 Å². The number of carboxylic acid groups (broad SMARTS) is 1. The number of esters is 1. The summed E-state index contributed by atoms with van der Waals surface area (Å²) in [6.45, 7) is 1.17. The smallest absolute Gasteiger partial charge is 0.337 e. The van der Waals surface area contributed by atoms with E-state index in [4.69, 9.17) is 5.11 Å². The number of ether oxygens (including phenoxy) is 1. The average molecular weight is 288 g/mol. The van der Waals surface area contributed by atoms with Crippen molar-refractivity contribution >= 4 is 27.8 Å². The van der Waals surface area contributed by atoms with Crippen LogP contribution in [-0.2, 0) is 19.6 Å². The van der Waals surface area contributed by atoms with E-state index >= 15 is 0 Å². The summed E-state index contributed by atoms with van der Waals surface area (Å²) in [4.78, 5) is 25.4. The Balaban J connectivity index is 2.90. The number of carboxylic acids is 1. The number of carbonyl (C=O) groups excluding carboxylic acids is 1. The van der Waals surface area contributed by atoms with Crippen LogP contribution < -0.4 is 4.72 Å². The highest BCUT2D eigenvalue weighted by Crippen LogP contribution is 2.11. The summed E-state index contributed by atoms with van der Waals surface area (Å²) in [7, 11) is -2.91. The van der Waals surface area contributed by atoms with E-state index in [0.29, 0.717) is 0 Å². The maximum Gasteiger partial charge on any atom is 0.337 e. The van der Waals surface area contributed by atoms with Crippen LogP contribution in [0.3, 0.4) is 0 Å². The summed E-state index contributed by atoms with van der Waals surface area (Å²) in [6.07, 6.45) is 1.00. The number of hydrogen-bond acceptors (Lipinski definition) is 6. The lowest BCUT2D eigenvalue weighted by Gasteiger charge is -2.12. The van der Waals surface area contributed by atoms with Crippen LogP contribution >= 0.6 is 0 Å². The first-order chi connectivity index (χ1) is 8.77. The lowest BCUT2D eigenvalue weighted by Crippen LogP contribution is -2.33. The van der Waals surface area contributed by atoms with Crippen molar-refractivity contribution in [2.24, 2.45) is 0 Å². The molecule has 1 heterocycles. The van der Waals surface area contributed by atoms with E-state index in [1.54, 1.807) is 0 Å². The van der Waals surface area contributed by atoms with Gasteiger partial charge in [0.1, 0.15) is 5.82 Å². The number of carbonyl (C=O) groups is 2. The van der Waals surface area contributed by atoms with Gasteiger partial charge in [-0.2, -0.15) is 0 Å². The zero-order chi connectivity index (χ0) is 14.6. The first-order valence-corrected chi connectivity index (χ1v) is 6.61. The highest BCUT2D eigenvalue weighted by molar-refractivity contribution is 7.94. The number of aromatic nitrogens is 1. The molecule has 0 radical (unpaired) electrons. The third-order valence-corrected chi connectivity index (χ3v) is 3.87. The largest absolute Gasteiger partial charge is 0.478 e. The van der Waals surface area contributed by atoms with Gasteiger partial charge in [-0.25, -0.2) is 18.2 Å². The summed E-state index contributed by atoms with van der Waals surface area (Å²) >= 11 is 0. The Bertz CT molecular complexity index is 581. The number of anilines is 1. The molecule has 0 aromatic carbocycles. The van der Waals surface area contributed by atoms with Crippen molar-refractivity contribution in [2.45, 2.75) is 12.2 Å². The minimum atomic E-state index is -3.99. The number of sulfonamides is 1. The molecule has 0 aliphatic heterocycles. The fraction of sp³-hybridized carbons (Fsp3) is 0.300. The molecule has 0 spiro atoms. The van der Waals surface area contributed by atoms with Crippen molar-refractivity contribution in [1.82, 2.24) is 4.98 Å². The molecular formula is C10H12N2O6S. The Labute approximate surface area is 109 Å². The van der Waals surface area contributed by atoms with E-state index in [0.717, 1.165) is 13.3 Å². The van der Waals surface area contributed by atoms with E-state index in [1.165, 1.54) is 19.1 Å². The molecule has 2 N–H and O–H groups in total. The van der Waals surface area contributed by atoms with E-state index in [2.05, 4.69) is 14.4 Å². The van der Waals surface area contributed by atoms with Gasteiger partial charge in [-0.3, -0.25) is 9.52 Å². The van der Waals surface area contributed by atoms with Gasteiger partial charge in [0.05, 0.1) is 12.7 Å². The molecule has 1 unspecified atom stereocenters. The molecule has 0 amide bonds. The van der Waals surface area contributed by atoms with Gasteiger partial charge in [0, 0.05) is 6.20 Å². The van der Waals surface area contributed by atoms with Crippen LogP contribution in [0.1, 0.15) is 17.3 Å². The highest BCUT2D eigenvalue weighted by Gasteiger charge is 2.29. The van der Waals surface area contributed by atoms with Gasteiger partial charge < -0.3 is 9.84 Å². The molecular weight excluding hydrogens is 276 g/mol. The number of nitrogens with zero attached hydrogens (tertiary/aromatic N) is 1. The molecule has 0 aliphatic carbocycles. The van der Waals surface area contributed by atoms with Crippen molar-refractivity contribution < 1.29 is 27.9 Å². The molecule has 0 fully saturated rings. The van der Waals surface area contributed by atoms with Crippen LogP contribution in [0.15, 0.2) is 18.3 Å². The van der Waals surface area contributed by atoms with Crippen LogP contribution in [0.5, 0.6) is 0 Å². The molecule has 0 bridgehead atoms. The van der Waals surface area contributed by atoms with Crippen molar-refractivity contribution in [3.63, 3.8) is 0 Å². The Morgan fingerprint density at radius 2 is 2.05 bits per heavy atom. The maximum atomic E-state index is 11.8. The normalized spacial score (nSPS) is 12.5. The second kappa shape index (κ2) is 5.65. The molecule has 1 aromatic rings. The third-order valence-electron chi connectivity index (χ3n) is 2.26. The number of methoxy groups -OCH3 is 1. The summed E-state index contributed by atoms with van der Waals surface area (Å²) in [5.74, 6) is -2.17. The molecule has 0 saturated carbocycles. The van der Waals surface area contributed by atoms with Gasteiger partial charge in [0.15, 0.2) is 5.25 Å². The second-order valence-corrected chi connectivity index (χ2v) is 5.55. The Kier molecular flexibility index (Phi) is 4.43. The molecule has 0 aliphatic rings. The first-order valence-electron chi connectivity index (χ1n) is 5.06. The number of nitrogens with one attached hydrogen (secondary N) is 1. The molecule has 1 atom stereocenters. The molecule has 1 rings (SSSR count). The average Bonchev–Trinajstić information content (AvgIpc) is 2.37. The SMILES string of the molecule is COC(=O)C(C)S(=O)(=O)Nc1ccc(C(=O)O)cn1. The summed E-state index contributed by atoms with van der Waals surface area (Å²) in [5, 5.41) is 7.26. The summed E-state index contributed by atoms with van der Waals surface area (Å²) in [6, 6.07) is 2.38. The van der Waals surface area contributed by atoms with Crippen molar-refractivity contribution in [3.8, 4) is 0 Å². The van der Waals surface area contributed by atoms with Gasteiger partial charge in [-0.1, -0.05) is 0 Å². The quantitative estimate of drug-likeness (QED) is 0.735. The van der Waals surface area contributed by atoms with Crippen molar-refractivity contribution in [2.75, 3.05) is 11.8 Å². The minimum Gasteiger partial charge on any atom is -0.478 e. The summed E-state index contributed by atoms with van der Waals surface area (Å²) in [5.41, 5.74) is -0.0797. The molecule has 8 nitrogen and oxygen atoms in total. The number of hydrogen-bond donors (Lipinski definition) is 2. The summed E-state index contributed by atoms with van der Waals surface area (Å²) < 4.78 is 29.9. The van der Waals surface area contributed by atoms with Crippen LogP contribution in [0.4, 0.5) is 5.82 Å². The molecule has 1 aromatic heterocycles. The highest BCUT2D eigenvalue weighted by atomic mass is 32.2. The molecule has 19 heavy (non-hydrogen) atoms. The van der Waals surface area contributed by atoms with E-state index in [1.807, 2.05) is 0 Å². The maximum absolute atomic E-state index is 11.8. The lowest BCUT2D eigenvalue weighted by atomic mass is 10.3. The second-order valence-electron chi connectivity index (χ2n) is 3.55. The number of rotatable bonds is 5. The van der Waals surface area contributed by atoms with Crippen molar-refractivity contribution in [3.05, 3.63) is 23.9 Å². The van der Waals surface area contributed by atoms with Crippen LogP contribution in [0.25, 0.3) is 0 Å². The third kappa shape index (κ3) is 3.65. The number of pyridine rings is 1. The monoisotopic (exact) mass is 288 g/mol. The Hall–Kier alpha value is -2.16. The van der Waals surface area contributed by atoms with Gasteiger partial charge >= 0.3 is 11.9 Å². The van der Waals surface area contributed by atoms with E-state index in [9.17, 15) is 18.0 Å². The Morgan fingerprint density at radius 3 is 2.47 bits per heavy atom. The topological polar surface area (TPSA) is 123 Å². The number of aromatic carboxylic acids is 1. The predicted molar refractivity (Wildman–Crippen MR) is 65.2 cm³/mol. The molecule has 9 heteroatoms. The van der Waals surface area contributed by atoms with Crippen molar-refractivity contribution in [1.29, 1.82) is 0 Å². The zero-order valence-electron chi connectivity index (χ0n) is 10.2. The van der Waals surface area contributed by atoms with Crippen LogP contribution in [0, 0.1) is 0 Å². The molecule has 104 valence electrons. The van der Waals surface area contributed by atoms with Gasteiger partial charge in [0.2, 0.25) is 10.0 Å². The predicted octanol–water partition coefficient (Wildman–Crippen LogP) is 0.0830.